The standard InChI is InChI=1S/C45H80O10/c1-3-5-7-9-11-13-15-17-18-19-20-21-22-24-26-28-30-32-34-41(48)54-38(37-53-45-44(51)43(50)42(49)39(35-46)55-45)36-52-40(47)33-31-29-27-25-23-16-14-12-10-8-6-4-2/h12-15,18-19,38-39,42-46,49-51H,3-11,16-17,20-37H2,1-2H3/b14-12-,15-13-,19-18-. The highest BCUT2D eigenvalue weighted by atomic mass is 16.7. The second-order valence-electron chi connectivity index (χ2n) is 15.1. The molecule has 10 nitrogen and oxygen atoms in total. The number of hydrogen-bond donors (Lipinski definition) is 4. The van der Waals surface area contributed by atoms with E-state index in [1.165, 1.54) is 70.6 Å². The van der Waals surface area contributed by atoms with E-state index >= 15 is 0 Å². The third-order valence-corrected chi connectivity index (χ3v) is 10.00. The minimum Gasteiger partial charge on any atom is -0.462 e. The summed E-state index contributed by atoms with van der Waals surface area (Å²) in [6, 6.07) is 0. The summed E-state index contributed by atoms with van der Waals surface area (Å²) in [4.78, 5) is 25.3. The molecule has 1 aliphatic rings. The van der Waals surface area contributed by atoms with Crippen LogP contribution in [0.25, 0.3) is 0 Å². The second kappa shape index (κ2) is 36.3. The predicted molar refractivity (Wildman–Crippen MR) is 219 cm³/mol. The Labute approximate surface area is 334 Å². The Hall–Kier alpha value is -2.08. The number of aliphatic hydroxyl groups excluding tert-OH is 4. The SMILES string of the molecule is CCCCC/C=C\CCCCCCCC(=O)OCC(COC1OC(CO)C(O)C(O)C1O)OC(=O)CCCCCCCCC/C=C\C/C=C\CCCCCC. The predicted octanol–water partition coefficient (Wildman–Crippen LogP) is 9.11. The lowest BCUT2D eigenvalue weighted by molar-refractivity contribution is -0.305. The molecule has 0 aliphatic carbocycles. The van der Waals surface area contributed by atoms with Crippen molar-refractivity contribution in [3.8, 4) is 0 Å². The first-order valence-corrected chi connectivity index (χ1v) is 22.1. The smallest absolute Gasteiger partial charge is 0.306 e. The summed E-state index contributed by atoms with van der Waals surface area (Å²) in [6.07, 6.45) is 32.9. The average molecular weight is 781 g/mol. The number of aliphatic hydroxyl groups is 4. The van der Waals surface area contributed by atoms with E-state index in [1.54, 1.807) is 0 Å². The fourth-order valence-corrected chi connectivity index (χ4v) is 6.45. The number of hydrogen-bond acceptors (Lipinski definition) is 10. The van der Waals surface area contributed by atoms with Crippen molar-refractivity contribution >= 4 is 11.9 Å². The van der Waals surface area contributed by atoms with Crippen LogP contribution in [0.2, 0.25) is 0 Å². The van der Waals surface area contributed by atoms with Crippen molar-refractivity contribution in [2.75, 3.05) is 19.8 Å². The van der Waals surface area contributed by atoms with E-state index in [1.807, 2.05) is 0 Å². The van der Waals surface area contributed by atoms with Gasteiger partial charge in [0.05, 0.1) is 13.2 Å². The van der Waals surface area contributed by atoms with Crippen LogP contribution < -0.4 is 0 Å². The molecule has 1 saturated heterocycles. The lowest BCUT2D eigenvalue weighted by Gasteiger charge is -2.39. The van der Waals surface area contributed by atoms with Gasteiger partial charge in [0.1, 0.15) is 31.0 Å². The molecular formula is C45H80O10. The van der Waals surface area contributed by atoms with E-state index in [2.05, 4.69) is 50.3 Å². The van der Waals surface area contributed by atoms with Crippen LogP contribution >= 0.6 is 0 Å². The van der Waals surface area contributed by atoms with Crippen molar-refractivity contribution in [3.63, 3.8) is 0 Å². The molecule has 55 heavy (non-hydrogen) atoms. The number of rotatable bonds is 36. The summed E-state index contributed by atoms with van der Waals surface area (Å²) in [7, 11) is 0. The molecule has 1 aliphatic heterocycles. The molecule has 6 unspecified atom stereocenters. The molecule has 0 aromatic rings. The van der Waals surface area contributed by atoms with Crippen molar-refractivity contribution in [3.05, 3.63) is 36.5 Å². The Morgan fingerprint density at radius 3 is 1.56 bits per heavy atom. The number of unbranched alkanes of at least 4 members (excludes halogenated alkanes) is 19. The summed E-state index contributed by atoms with van der Waals surface area (Å²) in [5.41, 5.74) is 0. The molecule has 10 heteroatoms. The van der Waals surface area contributed by atoms with Gasteiger partial charge in [0.15, 0.2) is 12.4 Å². The van der Waals surface area contributed by atoms with Crippen LogP contribution in [0, 0.1) is 0 Å². The van der Waals surface area contributed by atoms with E-state index in [4.69, 9.17) is 18.9 Å². The molecule has 0 bridgehead atoms. The number of carbonyl (C=O) groups is 2. The third kappa shape index (κ3) is 28.0. The number of carbonyl (C=O) groups excluding carboxylic acids is 2. The number of allylic oxidation sites excluding steroid dienone is 6. The fraction of sp³-hybridized carbons (Fsp3) is 0.822. The van der Waals surface area contributed by atoms with Crippen LogP contribution in [0.3, 0.4) is 0 Å². The first-order chi connectivity index (χ1) is 26.8. The number of esters is 2. The van der Waals surface area contributed by atoms with Gasteiger partial charge in [-0.25, -0.2) is 0 Å². The average Bonchev–Trinajstić information content (AvgIpc) is 3.18. The minimum absolute atomic E-state index is 0.219. The maximum atomic E-state index is 12.8. The van der Waals surface area contributed by atoms with Gasteiger partial charge in [-0.15, -0.1) is 0 Å². The van der Waals surface area contributed by atoms with Gasteiger partial charge in [-0.05, 0) is 70.6 Å². The van der Waals surface area contributed by atoms with Gasteiger partial charge < -0.3 is 39.4 Å². The molecular weight excluding hydrogens is 700 g/mol. The molecule has 0 aromatic carbocycles. The zero-order chi connectivity index (χ0) is 40.2. The van der Waals surface area contributed by atoms with E-state index < -0.39 is 49.4 Å². The quantitative estimate of drug-likeness (QED) is 0.0275. The van der Waals surface area contributed by atoms with Crippen molar-refractivity contribution in [1.29, 1.82) is 0 Å². The Morgan fingerprint density at radius 1 is 0.564 bits per heavy atom. The Bertz CT molecular complexity index is 996. The van der Waals surface area contributed by atoms with Crippen molar-refractivity contribution in [2.24, 2.45) is 0 Å². The monoisotopic (exact) mass is 781 g/mol. The lowest BCUT2D eigenvalue weighted by Crippen LogP contribution is -2.59. The summed E-state index contributed by atoms with van der Waals surface area (Å²) in [5, 5.41) is 40.0. The Morgan fingerprint density at radius 2 is 1.02 bits per heavy atom. The van der Waals surface area contributed by atoms with Crippen LogP contribution in [0.5, 0.6) is 0 Å². The minimum atomic E-state index is -1.60. The molecule has 0 radical (unpaired) electrons. The molecule has 320 valence electrons. The highest BCUT2D eigenvalue weighted by Gasteiger charge is 2.44. The Balaban J connectivity index is 2.34. The topological polar surface area (TPSA) is 152 Å². The molecule has 1 heterocycles. The largest absolute Gasteiger partial charge is 0.462 e. The summed E-state index contributed by atoms with van der Waals surface area (Å²) in [5.74, 6) is -0.826. The molecule has 0 saturated carbocycles. The van der Waals surface area contributed by atoms with Crippen LogP contribution in [0.1, 0.15) is 181 Å². The molecule has 1 fully saturated rings. The van der Waals surface area contributed by atoms with Crippen molar-refractivity contribution in [1.82, 2.24) is 0 Å². The molecule has 4 N–H and O–H groups in total. The third-order valence-electron chi connectivity index (χ3n) is 10.00. The van der Waals surface area contributed by atoms with Gasteiger partial charge in [-0.1, -0.05) is 134 Å². The molecule has 0 aromatic heterocycles. The molecule has 0 spiro atoms. The van der Waals surface area contributed by atoms with Gasteiger partial charge in [0.25, 0.3) is 0 Å². The van der Waals surface area contributed by atoms with Crippen LogP contribution in [0.4, 0.5) is 0 Å². The van der Waals surface area contributed by atoms with Crippen LogP contribution in [-0.4, -0.2) is 89.0 Å². The van der Waals surface area contributed by atoms with Gasteiger partial charge in [-0.3, -0.25) is 9.59 Å². The van der Waals surface area contributed by atoms with Gasteiger partial charge >= 0.3 is 11.9 Å². The van der Waals surface area contributed by atoms with Gasteiger partial charge in [0.2, 0.25) is 0 Å². The van der Waals surface area contributed by atoms with Crippen molar-refractivity contribution < 1.29 is 49.0 Å². The van der Waals surface area contributed by atoms with E-state index in [9.17, 15) is 30.0 Å². The first-order valence-electron chi connectivity index (χ1n) is 22.1. The zero-order valence-corrected chi connectivity index (χ0v) is 34.7. The maximum absolute atomic E-state index is 12.8. The zero-order valence-electron chi connectivity index (χ0n) is 34.7. The fourth-order valence-electron chi connectivity index (χ4n) is 6.45. The molecule has 0 amide bonds. The molecule has 6 atom stereocenters. The first kappa shape index (κ1) is 50.9. The lowest BCUT2D eigenvalue weighted by atomic mass is 9.99. The van der Waals surface area contributed by atoms with Crippen LogP contribution in [-0.2, 0) is 28.5 Å². The normalized spacial score (nSPS) is 20.9. The molecule has 1 rings (SSSR count). The highest BCUT2D eigenvalue weighted by molar-refractivity contribution is 5.70. The van der Waals surface area contributed by atoms with Gasteiger partial charge in [0, 0.05) is 12.8 Å². The van der Waals surface area contributed by atoms with E-state index in [0.717, 1.165) is 70.6 Å². The van der Waals surface area contributed by atoms with E-state index in [-0.39, 0.29) is 32.0 Å². The summed E-state index contributed by atoms with van der Waals surface area (Å²) >= 11 is 0. The summed E-state index contributed by atoms with van der Waals surface area (Å²) in [6.45, 7) is 3.36. The maximum Gasteiger partial charge on any atom is 0.306 e. The van der Waals surface area contributed by atoms with Crippen molar-refractivity contribution in [2.45, 2.75) is 218 Å². The number of ether oxygens (including phenoxy) is 4. The second-order valence-corrected chi connectivity index (χ2v) is 15.1. The summed E-state index contributed by atoms with van der Waals surface area (Å²) < 4.78 is 22.1. The van der Waals surface area contributed by atoms with E-state index in [0.29, 0.717) is 12.8 Å². The van der Waals surface area contributed by atoms with Crippen LogP contribution in [0.15, 0.2) is 36.5 Å². The highest BCUT2D eigenvalue weighted by Crippen LogP contribution is 2.22. The van der Waals surface area contributed by atoms with Gasteiger partial charge in [-0.2, -0.15) is 0 Å². The Kier molecular flexibility index (Phi) is 33.6.